The smallest absolute Gasteiger partial charge is 0.321 e. The van der Waals surface area contributed by atoms with Crippen LogP contribution in [0.1, 0.15) is 26.7 Å². The van der Waals surface area contributed by atoms with Crippen LogP contribution in [0.4, 0.5) is 0 Å². The van der Waals surface area contributed by atoms with Crippen molar-refractivity contribution in [2.75, 3.05) is 33.2 Å². The molecule has 0 amide bonds. The lowest BCUT2D eigenvalue weighted by atomic mass is 9.79. The van der Waals surface area contributed by atoms with Gasteiger partial charge in [-0.2, -0.15) is 0 Å². The first-order chi connectivity index (χ1) is 8.97. The Hall–Kier alpha value is -0.870. The Morgan fingerprint density at radius 1 is 1.37 bits per heavy atom. The zero-order valence-corrected chi connectivity index (χ0v) is 12.3. The van der Waals surface area contributed by atoms with Gasteiger partial charge >= 0.3 is 5.97 Å². The van der Waals surface area contributed by atoms with E-state index in [0.717, 1.165) is 39.0 Å². The Labute approximate surface area is 116 Å². The van der Waals surface area contributed by atoms with Crippen molar-refractivity contribution in [2.24, 2.45) is 11.8 Å². The normalized spacial score (nSPS) is 31.8. The second-order valence-corrected chi connectivity index (χ2v) is 6.31. The number of aliphatic carboxylic acids is 1. The standard InChI is InChI=1S/C15H26N2O2/c1-11-8-12(2)10-13(9-11)14(15(18)19)17-6-4-16(3)5-7-17/h8,11,13-14H,4-7,9-10H2,1-3H3,(H,18,19). The molecule has 1 fully saturated rings. The minimum atomic E-state index is -0.642. The highest BCUT2D eigenvalue weighted by atomic mass is 16.4. The third-order valence-electron chi connectivity index (χ3n) is 4.46. The molecule has 0 aromatic heterocycles. The molecule has 1 saturated heterocycles. The van der Waals surface area contributed by atoms with Crippen LogP contribution in [-0.4, -0.2) is 60.1 Å². The van der Waals surface area contributed by atoms with E-state index in [-0.39, 0.29) is 12.0 Å². The van der Waals surface area contributed by atoms with E-state index in [0.29, 0.717) is 5.92 Å². The number of likely N-dealkylation sites (N-methyl/N-ethyl adjacent to an activating group) is 1. The van der Waals surface area contributed by atoms with Gasteiger partial charge in [-0.25, -0.2) is 0 Å². The summed E-state index contributed by atoms with van der Waals surface area (Å²) in [6.07, 6.45) is 4.23. The lowest BCUT2D eigenvalue weighted by molar-refractivity contribution is -0.146. The van der Waals surface area contributed by atoms with Crippen molar-refractivity contribution in [1.29, 1.82) is 0 Å². The van der Waals surface area contributed by atoms with Crippen molar-refractivity contribution in [1.82, 2.24) is 9.80 Å². The number of hydrogen-bond acceptors (Lipinski definition) is 3. The molecule has 0 spiro atoms. The number of nitrogens with zero attached hydrogens (tertiary/aromatic N) is 2. The van der Waals surface area contributed by atoms with Crippen LogP contribution in [0, 0.1) is 11.8 Å². The first-order valence-electron chi connectivity index (χ1n) is 7.30. The zero-order chi connectivity index (χ0) is 14.0. The van der Waals surface area contributed by atoms with Gasteiger partial charge < -0.3 is 10.0 Å². The number of carboxylic acid groups (broad SMARTS) is 1. The molecule has 4 heteroatoms. The average molecular weight is 266 g/mol. The number of allylic oxidation sites excluding steroid dienone is 2. The van der Waals surface area contributed by atoms with Gasteiger partial charge in [-0.3, -0.25) is 9.69 Å². The Balaban J connectivity index is 2.08. The molecule has 19 heavy (non-hydrogen) atoms. The fourth-order valence-corrected chi connectivity index (χ4v) is 3.59. The Morgan fingerprint density at radius 3 is 2.53 bits per heavy atom. The molecule has 1 aliphatic heterocycles. The van der Waals surface area contributed by atoms with Crippen molar-refractivity contribution < 1.29 is 9.90 Å². The van der Waals surface area contributed by atoms with E-state index in [1.807, 2.05) is 0 Å². The van der Waals surface area contributed by atoms with E-state index >= 15 is 0 Å². The van der Waals surface area contributed by atoms with Crippen LogP contribution in [-0.2, 0) is 4.79 Å². The van der Waals surface area contributed by atoms with Crippen molar-refractivity contribution >= 4 is 5.97 Å². The van der Waals surface area contributed by atoms with Crippen LogP contribution in [0.15, 0.2) is 11.6 Å². The summed E-state index contributed by atoms with van der Waals surface area (Å²) in [7, 11) is 2.10. The monoisotopic (exact) mass is 266 g/mol. The topological polar surface area (TPSA) is 43.8 Å². The third-order valence-corrected chi connectivity index (χ3v) is 4.46. The zero-order valence-electron chi connectivity index (χ0n) is 12.3. The highest BCUT2D eigenvalue weighted by Crippen LogP contribution is 2.32. The van der Waals surface area contributed by atoms with E-state index in [1.165, 1.54) is 5.57 Å². The van der Waals surface area contributed by atoms with Crippen LogP contribution in [0.5, 0.6) is 0 Å². The Kier molecular flexibility index (Phi) is 4.63. The lowest BCUT2D eigenvalue weighted by Gasteiger charge is -2.41. The van der Waals surface area contributed by atoms with Crippen molar-refractivity contribution in [3.05, 3.63) is 11.6 Å². The maximum Gasteiger partial charge on any atom is 0.321 e. The van der Waals surface area contributed by atoms with Crippen LogP contribution in [0.25, 0.3) is 0 Å². The first kappa shape index (κ1) is 14.5. The Morgan fingerprint density at radius 2 is 2.00 bits per heavy atom. The van der Waals surface area contributed by atoms with Crippen LogP contribution in [0.3, 0.4) is 0 Å². The predicted octanol–water partition coefficient (Wildman–Crippen LogP) is 1.68. The maximum atomic E-state index is 11.7. The molecule has 0 radical (unpaired) electrons. The SMILES string of the molecule is CC1=CC(C)CC(C(C(=O)O)N2CCN(C)CC2)C1. The Bertz CT molecular complexity index is 359. The van der Waals surface area contributed by atoms with Gasteiger partial charge in [0.25, 0.3) is 0 Å². The maximum absolute atomic E-state index is 11.7. The summed E-state index contributed by atoms with van der Waals surface area (Å²) in [4.78, 5) is 16.2. The number of piperazine rings is 1. The van der Waals surface area contributed by atoms with Crippen molar-refractivity contribution in [3.8, 4) is 0 Å². The largest absolute Gasteiger partial charge is 0.480 e. The quantitative estimate of drug-likeness (QED) is 0.789. The summed E-state index contributed by atoms with van der Waals surface area (Å²) in [5.41, 5.74) is 1.35. The molecule has 0 aromatic rings. The molecule has 2 rings (SSSR count). The molecule has 4 nitrogen and oxygen atoms in total. The molecule has 1 N–H and O–H groups in total. The van der Waals surface area contributed by atoms with Gasteiger partial charge in [-0.15, -0.1) is 0 Å². The molecule has 1 aliphatic carbocycles. The van der Waals surface area contributed by atoms with Gasteiger partial charge in [0.05, 0.1) is 0 Å². The molecule has 0 saturated carbocycles. The molecular formula is C15H26N2O2. The molecule has 2 aliphatic rings. The van der Waals surface area contributed by atoms with Gasteiger partial charge in [0, 0.05) is 26.2 Å². The number of hydrogen-bond donors (Lipinski definition) is 1. The van der Waals surface area contributed by atoms with Gasteiger partial charge in [0.1, 0.15) is 6.04 Å². The van der Waals surface area contributed by atoms with E-state index < -0.39 is 5.97 Å². The van der Waals surface area contributed by atoms with E-state index in [9.17, 15) is 9.90 Å². The summed E-state index contributed by atoms with van der Waals surface area (Å²) in [6.45, 7) is 8.02. The molecule has 1 heterocycles. The fourth-order valence-electron chi connectivity index (χ4n) is 3.59. The van der Waals surface area contributed by atoms with E-state index in [4.69, 9.17) is 0 Å². The molecule has 3 unspecified atom stereocenters. The molecule has 0 bridgehead atoms. The second-order valence-electron chi connectivity index (χ2n) is 6.31. The molecule has 108 valence electrons. The number of rotatable bonds is 3. The second kappa shape index (κ2) is 6.06. The van der Waals surface area contributed by atoms with Crippen LogP contribution >= 0.6 is 0 Å². The molecule has 3 atom stereocenters. The minimum Gasteiger partial charge on any atom is -0.480 e. The third kappa shape index (κ3) is 3.57. The fraction of sp³-hybridized carbons (Fsp3) is 0.800. The van der Waals surface area contributed by atoms with Gasteiger partial charge in [0.15, 0.2) is 0 Å². The summed E-state index contributed by atoms with van der Waals surface area (Å²) < 4.78 is 0. The van der Waals surface area contributed by atoms with E-state index in [1.54, 1.807) is 0 Å². The predicted molar refractivity (Wildman–Crippen MR) is 76.1 cm³/mol. The summed E-state index contributed by atoms with van der Waals surface area (Å²) >= 11 is 0. The van der Waals surface area contributed by atoms with E-state index in [2.05, 4.69) is 36.8 Å². The highest BCUT2D eigenvalue weighted by molar-refractivity contribution is 5.74. The van der Waals surface area contributed by atoms with Crippen LogP contribution < -0.4 is 0 Å². The van der Waals surface area contributed by atoms with Gasteiger partial charge in [-0.1, -0.05) is 18.6 Å². The average Bonchev–Trinajstić information content (AvgIpc) is 2.30. The molecule has 0 aromatic carbocycles. The van der Waals surface area contributed by atoms with Gasteiger partial charge in [0.2, 0.25) is 0 Å². The first-order valence-corrected chi connectivity index (χ1v) is 7.30. The lowest BCUT2D eigenvalue weighted by Crippen LogP contribution is -2.54. The van der Waals surface area contributed by atoms with Crippen molar-refractivity contribution in [3.63, 3.8) is 0 Å². The number of carboxylic acids is 1. The van der Waals surface area contributed by atoms with Crippen LogP contribution in [0.2, 0.25) is 0 Å². The minimum absolute atomic E-state index is 0.265. The molecular weight excluding hydrogens is 240 g/mol. The summed E-state index contributed by atoms with van der Waals surface area (Å²) in [5.74, 6) is 0.130. The van der Waals surface area contributed by atoms with Gasteiger partial charge in [-0.05, 0) is 38.6 Å². The highest BCUT2D eigenvalue weighted by Gasteiger charge is 2.36. The number of carbonyl (C=O) groups is 1. The summed E-state index contributed by atoms with van der Waals surface area (Å²) in [6, 6.07) is -0.306. The summed E-state index contributed by atoms with van der Waals surface area (Å²) in [5, 5.41) is 9.64. The van der Waals surface area contributed by atoms with Crippen molar-refractivity contribution in [2.45, 2.75) is 32.7 Å².